The lowest BCUT2D eigenvalue weighted by Crippen LogP contribution is -2.23. The van der Waals surface area contributed by atoms with Gasteiger partial charge in [-0.25, -0.2) is 4.79 Å². The molecule has 0 aliphatic carbocycles. The first kappa shape index (κ1) is 28.5. The standard InChI is InChI=1S/C32H22F3N3O3S/c1-38-18-28(42-25-11-9-24(10-12-25)32(33,34)35)29-26(30(39)37-17-19-5-7-21(8-6-19)31(40)41)14-23(15-27(29)38)22-4-2-3-20(13-22)16-36/h2-15,18H,17H2,1H3,(H,37,39)(H,40,41). The van der Waals surface area contributed by atoms with Crippen LogP contribution in [0.2, 0.25) is 0 Å². The summed E-state index contributed by atoms with van der Waals surface area (Å²) in [4.78, 5) is 26.1. The summed E-state index contributed by atoms with van der Waals surface area (Å²) in [7, 11) is 1.82. The Morgan fingerprint density at radius 3 is 2.33 bits per heavy atom. The lowest BCUT2D eigenvalue weighted by atomic mass is 9.98. The molecule has 1 heterocycles. The number of aryl methyl sites for hydroxylation is 1. The number of fused-ring (bicyclic) bond motifs is 1. The van der Waals surface area contributed by atoms with Gasteiger partial charge in [0.25, 0.3) is 5.91 Å². The number of halogens is 3. The number of aromatic carboxylic acids is 1. The van der Waals surface area contributed by atoms with Crippen LogP contribution < -0.4 is 5.32 Å². The number of nitrogens with one attached hydrogen (secondary N) is 1. The summed E-state index contributed by atoms with van der Waals surface area (Å²) < 4.78 is 41.1. The molecule has 0 radical (unpaired) electrons. The molecule has 2 N–H and O–H groups in total. The molecule has 6 nitrogen and oxygen atoms in total. The fraction of sp³-hybridized carbons (Fsp3) is 0.0938. The molecule has 0 atom stereocenters. The number of carboxylic acids is 1. The monoisotopic (exact) mass is 585 g/mol. The van der Waals surface area contributed by atoms with Gasteiger partial charge in [-0.15, -0.1) is 0 Å². The first-order chi connectivity index (χ1) is 20.0. The number of nitrogens with zero attached hydrogens (tertiary/aromatic N) is 2. The molecule has 0 fully saturated rings. The predicted octanol–water partition coefficient (Wildman–Crippen LogP) is 7.52. The number of hydrogen-bond acceptors (Lipinski definition) is 4. The number of rotatable bonds is 7. The molecule has 10 heteroatoms. The van der Waals surface area contributed by atoms with Crippen molar-refractivity contribution in [2.24, 2.45) is 7.05 Å². The molecule has 0 saturated heterocycles. The second-order valence-electron chi connectivity index (χ2n) is 9.52. The van der Waals surface area contributed by atoms with E-state index in [1.54, 1.807) is 36.4 Å². The number of carbonyl (C=O) groups is 2. The van der Waals surface area contributed by atoms with Crippen molar-refractivity contribution in [3.05, 3.63) is 119 Å². The van der Waals surface area contributed by atoms with E-state index in [2.05, 4.69) is 11.4 Å². The van der Waals surface area contributed by atoms with Crippen LogP contribution in [0.4, 0.5) is 13.2 Å². The van der Waals surface area contributed by atoms with Crippen LogP contribution in [0.15, 0.2) is 101 Å². The third kappa shape index (κ3) is 6.01. The molecule has 1 amide bonds. The molecule has 0 unspecified atom stereocenters. The summed E-state index contributed by atoms with van der Waals surface area (Å²) in [6.45, 7) is 0.141. The topological polar surface area (TPSA) is 95.1 Å². The SMILES string of the molecule is Cn1cc(Sc2ccc(C(F)(F)F)cc2)c2c(C(=O)NCc3ccc(C(=O)O)cc3)cc(-c3cccc(C#N)c3)cc21. The predicted molar refractivity (Wildman–Crippen MR) is 153 cm³/mol. The highest BCUT2D eigenvalue weighted by molar-refractivity contribution is 7.99. The number of carbonyl (C=O) groups excluding carboxylic acids is 1. The fourth-order valence-electron chi connectivity index (χ4n) is 4.55. The molecule has 0 spiro atoms. The Kier molecular flexibility index (Phi) is 7.79. The van der Waals surface area contributed by atoms with Crippen molar-refractivity contribution in [1.82, 2.24) is 9.88 Å². The zero-order chi connectivity index (χ0) is 30.0. The Balaban J connectivity index is 1.55. The molecule has 0 bridgehead atoms. The summed E-state index contributed by atoms with van der Waals surface area (Å²) in [6, 6.07) is 23.8. The van der Waals surface area contributed by atoms with Gasteiger partial charge in [0, 0.05) is 35.0 Å². The molecule has 42 heavy (non-hydrogen) atoms. The van der Waals surface area contributed by atoms with Crippen LogP contribution in [-0.4, -0.2) is 21.6 Å². The van der Waals surface area contributed by atoms with Gasteiger partial charge in [-0.05, 0) is 77.4 Å². The Hall–Kier alpha value is -5.01. The molecule has 4 aromatic carbocycles. The summed E-state index contributed by atoms with van der Waals surface area (Å²) in [5.74, 6) is -1.44. The van der Waals surface area contributed by atoms with E-state index < -0.39 is 17.7 Å². The number of nitriles is 1. The van der Waals surface area contributed by atoms with Crippen molar-refractivity contribution in [2.75, 3.05) is 0 Å². The number of alkyl halides is 3. The maximum Gasteiger partial charge on any atom is 0.416 e. The molecule has 5 rings (SSSR count). The highest BCUT2D eigenvalue weighted by Crippen LogP contribution is 2.40. The number of hydrogen-bond donors (Lipinski definition) is 2. The number of carboxylic acid groups (broad SMARTS) is 1. The second kappa shape index (κ2) is 11.5. The van der Waals surface area contributed by atoms with Crippen molar-refractivity contribution in [3.8, 4) is 17.2 Å². The average Bonchev–Trinajstić information content (AvgIpc) is 3.30. The Morgan fingerprint density at radius 1 is 0.976 bits per heavy atom. The highest BCUT2D eigenvalue weighted by Gasteiger charge is 2.30. The summed E-state index contributed by atoms with van der Waals surface area (Å²) in [5, 5.41) is 22.0. The minimum atomic E-state index is -4.44. The lowest BCUT2D eigenvalue weighted by molar-refractivity contribution is -0.137. The van der Waals surface area contributed by atoms with E-state index in [1.165, 1.54) is 36.0 Å². The first-order valence-corrected chi connectivity index (χ1v) is 13.4. The van der Waals surface area contributed by atoms with E-state index in [-0.39, 0.29) is 18.0 Å². The quantitative estimate of drug-likeness (QED) is 0.206. The third-order valence-corrected chi connectivity index (χ3v) is 7.73. The van der Waals surface area contributed by atoms with Crippen LogP contribution in [-0.2, 0) is 19.8 Å². The average molecular weight is 586 g/mol. The van der Waals surface area contributed by atoms with Crippen molar-refractivity contribution in [3.63, 3.8) is 0 Å². The van der Waals surface area contributed by atoms with Crippen molar-refractivity contribution in [2.45, 2.75) is 22.5 Å². The van der Waals surface area contributed by atoms with Crippen molar-refractivity contribution >= 4 is 34.5 Å². The molecule has 0 aliphatic rings. The number of amides is 1. The molecule has 5 aromatic rings. The van der Waals surface area contributed by atoms with Crippen LogP contribution >= 0.6 is 11.8 Å². The largest absolute Gasteiger partial charge is 0.478 e. The molecule has 0 aliphatic heterocycles. The highest BCUT2D eigenvalue weighted by atomic mass is 32.2. The van der Waals surface area contributed by atoms with Gasteiger partial charge < -0.3 is 15.0 Å². The molecule has 210 valence electrons. The maximum atomic E-state index is 13.7. The molecular formula is C32H22F3N3O3S. The summed E-state index contributed by atoms with van der Waals surface area (Å²) in [6.07, 6.45) is -2.62. The van der Waals surface area contributed by atoms with Crippen LogP contribution in [0.3, 0.4) is 0 Å². The van der Waals surface area contributed by atoms with Crippen molar-refractivity contribution in [1.29, 1.82) is 5.26 Å². The van der Waals surface area contributed by atoms with Crippen LogP contribution in [0.5, 0.6) is 0 Å². The zero-order valence-corrected chi connectivity index (χ0v) is 22.9. The smallest absolute Gasteiger partial charge is 0.416 e. The van der Waals surface area contributed by atoms with Crippen molar-refractivity contribution < 1.29 is 27.9 Å². The van der Waals surface area contributed by atoms with Gasteiger partial charge in [-0.1, -0.05) is 36.0 Å². The minimum Gasteiger partial charge on any atom is -0.478 e. The van der Waals surface area contributed by atoms with Gasteiger partial charge in [-0.2, -0.15) is 18.4 Å². The second-order valence-corrected chi connectivity index (χ2v) is 10.6. The van der Waals surface area contributed by atoms with E-state index in [9.17, 15) is 28.0 Å². The Labute approximate surface area is 243 Å². The van der Waals surface area contributed by atoms with Gasteiger partial charge in [-0.3, -0.25) is 4.79 Å². The number of benzene rings is 4. The molecular weight excluding hydrogens is 563 g/mol. The van der Waals surface area contributed by atoms with Gasteiger partial charge in [0.15, 0.2) is 0 Å². The number of aromatic nitrogens is 1. The van der Waals surface area contributed by atoms with E-state index in [0.717, 1.165) is 23.2 Å². The van der Waals surface area contributed by atoms with E-state index in [4.69, 9.17) is 5.11 Å². The van der Waals surface area contributed by atoms with E-state index in [1.807, 2.05) is 29.9 Å². The lowest BCUT2D eigenvalue weighted by Gasteiger charge is -2.12. The minimum absolute atomic E-state index is 0.133. The Bertz CT molecular complexity index is 1860. The fourth-order valence-corrected chi connectivity index (χ4v) is 5.60. The van der Waals surface area contributed by atoms with E-state index in [0.29, 0.717) is 37.4 Å². The summed E-state index contributed by atoms with van der Waals surface area (Å²) in [5.41, 5.74) is 3.08. The van der Waals surface area contributed by atoms with Crippen LogP contribution in [0, 0.1) is 11.3 Å². The van der Waals surface area contributed by atoms with Gasteiger partial charge in [0.1, 0.15) is 0 Å². The van der Waals surface area contributed by atoms with Crippen LogP contribution in [0.25, 0.3) is 22.0 Å². The Morgan fingerprint density at radius 2 is 1.69 bits per heavy atom. The van der Waals surface area contributed by atoms with E-state index >= 15 is 0 Å². The maximum absolute atomic E-state index is 13.7. The van der Waals surface area contributed by atoms with Gasteiger partial charge >= 0.3 is 12.1 Å². The normalized spacial score (nSPS) is 11.3. The van der Waals surface area contributed by atoms with Gasteiger partial charge in [0.05, 0.1) is 33.8 Å². The summed E-state index contributed by atoms with van der Waals surface area (Å²) >= 11 is 1.25. The zero-order valence-electron chi connectivity index (χ0n) is 22.1. The first-order valence-electron chi connectivity index (χ1n) is 12.6. The molecule has 0 saturated carbocycles. The third-order valence-electron chi connectivity index (χ3n) is 6.69. The van der Waals surface area contributed by atoms with Crippen LogP contribution in [0.1, 0.15) is 37.4 Å². The van der Waals surface area contributed by atoms with Gasteiger partial charge in [0.2, 0.25) is 0 Å². The molecule has 1 aromatic heterocycles.